The minimum absolute atomic E-state index is 0.0891. The Balaban J connectivity index is 0.973. The fraction of sp³-hybridized carbons (Fsp3) is 0.458. The van der Waals surface area contributed by atoms with E-state index < -0.39 is 85.1 Å². The highest BCUT2D eigenvalue weighted by Crippen LogP contribution is 2.66. The summed E-state index contributed by atoms with van der Waals surface area (Å²) >= 11 is 4.63. The third-order valence-corrected chi connectivity index (χ3v) is 21.1. The van der Waals surface area contributed by atoms with E-state index in [1.807, 2.05) is 38.2 Å². The van der Waals surface area contributed by atoms with Gasteiger partial charge >= 0.3 is 28.1 Å². The number of aryl methyl sites for hydroxylation is 1. The maximum absolute atomic E-state index is 13.1. The Hall–Kier alpha value is -6.12. The van der Waals surface area contributed by atoms with Crippen molar-refractivity contribution in [1.82, 2.24) is 14.9 Å². The van der Waals surface area contributed by atoms with Gasteiger partial charge in [-0.05, 0) is 93.7 Å². The van der Waals surface area contributed by atoms with Gasteiger partial charge in [-0.1, -0.05) is 82.4 Å². The largest absolute Gasteiger partial charge is 0.495 e. The number of nitro groups is 1. The lowest BCUT2D eigenvalue weighted by Gasteiger charge is -2.31. The average Bonchev–Trinajstić information content (AvgIpc) is 1.62. The van der Waals surface area contributed by atoms with Crippen molar-refractivity contribution >= 4 is 78.8 Å². The fourth-order valence-electron chi connectivity index (χ4n) is 11.2. The van der Waals surface area contributed by atoms with Crippen molar-refractivity contribution in [3.8, 4) is 17.6 Å². The van der Waals surface area contributed by atoms with Crippen molar-refractivity contribution in [2.45, 2.75) is 141 Å². The van der Waals surface area contributed by atoms with Crippen molar-refractivity contribution in [3.63, 3.8) is 0 Å². The number of nitrogens with one attached hydrogen (secondary N) is 1. The number of carbonyl (C=O) groups excluding carboxylic acids is 1. The van der Waals surface area contributed by atoms with Gasteiger partial charge in [-0.3, -0.25) is 24.0 Å². The number of anilines is 2. The molecule has 3 aliphatic heterocycles. The van der Waals surface area contributed by atoms with E-state index in [4.69, 9.17) is 34.3 Å². The summed E-state index contributed by atoms with van der Waals surface area (Å²) in [6.45, 7) is 13.4. The van der Waals surface area contributed by atoms with E-state index in [0.717, 1.165) is 28.1 Å². The number of fused-ring (bicyclic) bond motifs is 2. The van der Waals surface area contributed by atoms with E-state index in [-0.39, 0.29) is 76.2 Å². The molecule has 0 bridgehead atoms. The molecule has 6 atom stereocenters. The minimum Gasteiger partial charge on any atom is -0.495 e. The number of phosphoric acid groups is 2. The number of unbranched alkanes of at least 4 members (excludes halogenated alkanes) is 2. The van der Waals surface area contributed by atoms with Crippen molar-refractivity contribution in [3.05, 3.63) is 145 Å². The number of aliphatic hydroxyl groups excluding tert-OH is 1. The van der Waals surface area contributed by atoms with Crippen LogP contribution in [0.3, 0.4) is 0 Å². The number of hydrogen-bond acceptors (Lipinski definition) is 19. The van der Waals surface area contributed by atoms with Gasteiger partial charge in [0.25, 0.3) is 15.8 Å². The number of nitrogens with two attached hydrogens (primary N) is 1. The van der Waals surface area contributed by atoms with E-state index in [9.17, 15) is 56.7 Å². The molecule has 9 N–H and O–H groups in total. The molecule has 1 fully saturated rings. The Morgan fingerprint density at radius 1 is 1.03 bits per heavy atom. The molecule has 0 radical (unpaired) electrons. The molecule has 0 saturated carbocycles. The lowest BCUT2D eigenvalue weighted by Crippen LogP contribution is -2.30. The second-order valence-corrected chi connectivity index (χ2v) is 31.2. The molecule has 0 aliphatic carbocycles. The van der Waals surface area contributed by atoms with Crippen molar-refractivity contribution < 1.29 is 88.4 Å². The number of allylic oxidation sites excluding steroid dienone is 6. The predicted molar refractivity (Wildman–Crippen MR) is 342 cm³/mol. The third kappa shape index (κ3) is 17.8. The summed E-state index contributed by atoms with van der Waals surface area (Å²) in [5.41, 5.74) is 10.9. The van der Waals surface area contributed by atoms with Crippen LogP contribution in [0.15, 0.2) is 100 Å². The average molecular weight is 1360 g/mol. The summed E-state index contributed by atoms with van der Waals surface area (Å²) in [4.78, 5) is 81.9. The van der Waals surface area contributed by atoms with Crippen molar-refractivity contribution in [2.75, 3.05) is 44.0 Å². The zero-order valence-corrected chi connectivity index (χ0v) is 56.1. The summed E-state index contributed by atoms with van der Waals surface area (Å²) in [5.74, 6) is 5.36. The van der Waals surface area contributed by atoms with Crippen LogP contribution in [0.1, 0.15) is 133 Å². The van der Waals surface area contributed by atoms with E-state index in [1.165, 1.54) is 60.1 Å². The van der Waals surface area contributed by atoms with E-state index in [2.05, 4.69) is 104 Å². The van der Waals surface area contributed by atoms with Crippen LogP contribution in [0.5, 0.6) is 5.75 Å². The first-order valence-corrected chi connectivity index (χ1v) is 35.8. The van der Waals surface area contributed by atoms with E-state index >= 15 is 0 Å². The number of aliphatic hydroxyl groups is 1. The zero-order valence-electron chi connectivity index (χ0n) is 51.8. The lowest BCUT2D eigenvalue weighted by molar-refractivity contribution is -0.438. The number of aromatic nitrogens is 2. The SMILES string of the molecule is CCN1C(=CC=CC=CC2=[N+](CCCCCC(=O)NCC#Cc3cc([N+](=O)[O-])c([C@@H](OCc4cn([C@H]5CC(O)[C@@H](COP(O)(=S)OP(=O)(O)OP(=O)(O)O)O5)c(=O)nc4N)C(C)(C)C)cc3OC)c3ccc(S(=O)(=O)O)cc3C2(C)C)C(C)(C)c2cc(C)ccc21. The number of likely N-dealkylation sites (N-methyl/N-ethyl adjacent to an activating group) is 1. The van der Waals surface area contributed by atoms with Crippen LogP contribution in [0.25, 0.3) is 0 Å². The topological polar surface area (TPSA) is 384 Å². The minimum atomic E-state index is -5.63. The normalized spacial score (nSPS) is 20.1. The molecule has 32 heteroatoms. The molecule has 1 amide bonds. The van der Waals surface area contributed by atoms with Crippen molar-refractivity contribution in [2.24, 2.45) is 5.41 Å². The molecule has 91 heavy (non-hydrogen) atoms. The lowest BCUT2D eigenvalue weighted by atomic mass is 9.81. The molecule has 1 saturated heterocycles. The number of rotatable bonds is 26. The number of amides is 1. The first-order chi connectivity index (χ1) is 42.3. The Morgan fingerprint density at radius 3 is 2.40 bits per heavy atom. The van der Waals surface area contributed by atoms with Crippen LogP contribution >= 0.6 is 22.4 Å². The first-order valence-electron chi connectivity index (χ1n) is 28.7. The molecule has 0 spiro atoms. The second kappa shape index (κ2) is 28.6. The molecule has 3 aromatic carbocycles. The highest BCUT2D eigenvalue weighted by atomic mass is 32.5. The Morgan fingerprint density at radius 2 is 1.75 bits per heavy atom. The monoisotopic (exact) mass is 1360 g/mol. The fourth-order valence-corrected chi connectivity index (χ4v) is 15.7. The van der Waals surface area contributed by atoms with Crippen LogP contribution in [0.2, 0.25) is 0 Å². The van der Waals surface area contributed by atoms with Gasteiger partial charge in [0.05, 0.1) is 65.4 Å². The molecular formula is C59H77N7O20P3S2+. The van der Waals surface area contributed by atoms with Gasteiger partial charge in [0.1, 0.15) is 30.4 Å². The molecule has 4 heterocycles. The van der Waals surface area contributed by atoms with Crippen molar-refractivity contribution in [1.29, 1.82) is 0 Å². The number of methoxy groups -OCH3 is 1. The number of hydrogen-bond donors (Lipinski definition) is 8. The Bertz CT molecular complexity index is 4000. The van der Waals surface area contributed by atoms with Gasteiger partial charge in [0.15, 0.2) is 5.71 Å². The second-order valence-electron chi connectivity index (χ2n) is 24.0. The summed E-state index contributed by atoms with van der Waals surface area (Å²) in [6.07, 6.45) is 8.14. The number of nitrogens with zero attached hydrogens (tertiary/aromatic N) is 5. The predicted octanol–water partition coefficient (Wildman–Crippen LogP) is 8.63. The Kier molecular flexibility index (Phi) is 22.7. The molecule has 494 valence electrons. The molecule has 3 aliphatic rings. The number of nitrogen functional groups attached to an aromatic ring is 1. The smallest absolute Gasteiger partial charge is 0.488 e. The van der Waals surface area contributed by atoms with E-state index in [0.29, 0.717) is 25.8 Å². The van der Waals surface area contributed by atoms with Crippen LogP contribution in [-0.4, -0.2) is 114 Å². The summed E-state index contributed by atoms with van der Waals surface area (Å²) in [5, 5.41) is 26.3. The molecule has 7 rings (SSSR count). The zero-order chi connectivity index (χ0) is 67.4. The summed E-state index contributed by atoms with van der Waals surface area (Å²) in [6, 6.07) is 13.9. The van der Waals surface area contributed by atoms with Gasteiger partial charge in [-0.15, -0.1) is 0 Å². The maximum Gasteiger partial charge on any atom is 0.488 e. The van der Waals surface area contributed by atoms with Crippen LogP contribution < -0.4 is 26.4 Å². The standard InChI is InChI=1S/C59H76N7O20P3S2/c1-11-63-44-25-23-37(2)29-42(44)58(6,7)50(63)20-14-12-15-21-51-59(8,9)43-31-40(91(78,79)80)24-26-45(43)64(51)28-17-13-16-22-52(68)61-27-18-19-38-30-46(66(70)71)41(32-48(38)81-10)54(57(3,4)5)82-35-39-34-65(56(69)62-55(39)60)53-33-47(67)49(84-53)36-83-89(77,90)86-88(75,76)85-87(72,73)74/h12,14-15,20-21,23-26,29-32,34,47,49,53-54,67H,11,13,16-17,22,27-28,33,35-36H2,1-10H3,(H7-,60,61,62,68,69,72,73,74,75,76,77,78,79,80,90)/p+1/t47?,49-,53-,54-,89?/m1/s1. The summed E-state index contributed by atoms with van der Waals surface area (Å²) in [7, 11) is -14.3. The Labute approximate surface area is 532 Å². The van der Waals surface area contributed by atoms with Gasteiger partial charge in [-0.2, -0.15) is 22.3 Å². The van der Waals surface area contributed by atoms with Crippen LogP contribution in [0.4, 0.5) is 22.9 Å². The van der Waals surface area contributed by atoms with Gasteiger partial charge in [0, 0.05) is 78.1 Å². The first kappa shape index (κ1) is 72.3. The number of nitro benzene ring substituents is 1. The summed E-state index contributed by atoms with van der Waals surface area (Å²) < 4.78 is 91.1. The number of carbonyl (C=O) groups is 1. The quantitative estimate of drug-likeness (QED) is 0.00426. The van der Waals surface area contributed by atoms with Gasteiger partial charge < -0.3 is 59.4 Å². The van der Waals surface area contributed by atoms with Crippen LogP contribution in [-0.2, 0) is 75.9 Å². The number of benzene rings is 3. The van der Waals surface area contributed by atoms with Gasteiger partial charge in [-0.25, -0.2) is 18.2 Å². The highest BCUT2D eigenvalue weighted by Gasteiger charge is 2.46. The molecular weight excluding hydrogens is 1280 g/mol. The molecule has 27 nitrogen and oxygen atoms in total. The highest BCUT2D eigenvalue weighted by molar-refractivity contribution is 8.08. The van der Waals surface area contributed by atoms with Gasteiger partial charge in [0.2, 0.25) is 11.6 Å². The third-order valence-electron chi connectivity index (χ3n) is 15.6. The number of ether oxygens (including phenoxy) is 3. The van der Waals surface area contributed by atoms with Crippen LogP contribution in [0, 0.1) is 34.3 Å². The van der Waals surface area contributed by atoms with E-state index in [1.54, 1.807) is 26.8 Å². The maximum atomic E-state index is 13.1. The molecule has 4 aromatic rings. The molecule has 3 unspecified atom stereocenters. The molecule has 1 aromatic heterocycles.